The van der Waals surface area contributed by atoms with Crippen molar-refractivity contribution >= 4 is 5.91 Å². The molecule has 1 aromatic rings. The van der Waals surface area contributed by atoms with Crippen LogP contribution in [0.15, 0.2) is 18.2 Å². The topological polar surface area (TPSA) is 42.0 Å². The van der Waals surface area contributed by atoms with Crippen molar-refractivity contribution in [3.8, 4) is 0 Å². The number of amides is 1. The molecule has 94 valence electrons. The van der Waals surface area contributed by atoms with Crippen LogP contribution < -0.4 is 5.32 Å². The number of halogens is 1. The Kier molecular flexibility index (Phi) is 5.07. The molecular weight excluding hydrogens is 219 g/mol. The van der Waals surface area contributed by atoms with Gasteiger partial charge in [0.15, 0.2) is 0 Å². The van der Waals surface area contributed by atoms with Crippen LogP contribution in [0, 0.1) is 11.9 Å². The van der Waals surface area contributed by atoms with Gasteiger partial charge >= 0.3 is 0 Å². The first-order chi connectivity index (χ1) is 8.08. The van der Waals surface area contributed by atoms with Crippen LogP contribution in [0.3, 0.4) is 0 Å². The first-order valence-electron chi connectivity index (χ1n) is 6.01. The summed E-state index contributed by atoms with van der Waals surface area (Å²) < 4.78 is 12.9. The normalized spacial score (nSPS) is 12.5. The second-order valence-corrected chi connectivity index (χ2v) is 4.18. The van der Waals surface area contributed by atoms with Crippen LogP contribution in [-0.2, 0) is 0 Å². The predicted octanol–water partition coefficient (Wildman–Crippen LogP) is 2.78. The van der Waals surface area contributed by atoms with Crippen LogP contribution in [0.25, 0.3) is 0 Å². The highest BCUT2D eigenvalue weighted by molar-refractivity contribution is 5.92. The predicted molar refractivity (Wildman–Crippen MR) is 65.2 cm³/mol. The Bertz CT molecular complexity index is 377. The maximum atomic E-state index is 12.9. The first kappa shape index (κ1) is 13.6. The van der Waals surface area contributed by atoms with Crippen molar-refractivity contribution in [3.05, 3.63) is 29.8 Å². The van der Waals surface area contributed by atoms with Gasteiger partial charge in [-0.15, -0.1) is 0 Å². The monoisotopic (exact) mass is 238 g/mol. The van der Waals surface area contributed by atoms with Gasteiger partial charge in [-0.05, 0) is 25.0 Å². The highest BCUT2D eigenvalue weighted by Crippen LogP contribution is 2.13. The zero-order valence-corrected chi connectivity index (χ0v) is 10.5. The Morgan fingerprint density at radius 2 is 2.06 bits per heavy atom. The Morgan fingerprint density at radius 3 is 2.59 bits per heavy atom. The van der Waals surface area contributed by atoms with E-state index in [2.05, 4.69) is 24.1 Å². The van der Waals surface area contributed by atoms with Gasteiger partial charge in [0.1, 0.15) is 5.69 Å². The van der Waals surface area contributed by atoms with Crippen LogP contribution in [0.5, 0.6) is 0 Å². The van der Waals surface area contributed by atoms with Gasteiger partial charge in [-0.3, -0.25) is 4.79 Å². The second-order valence-electron chi connectivity index (χ2n) is 4.18. The Morgan fingerprint density at radius 1 is 1.41 bits per heavy atom. The molecule has 4 heteroatoms. The Hall–Kier alpha value is -1.45. The zero-order valence-electron chi connectivity index (χ0n) is 10.5. The summed E-state index contributed by atoms with van der Waals surface area (Å²) in [7, 11) is 0. The minimum Gasteiger partial charge on any atom is -0.348 e. The fourth-order valence-electron chi connectivity index (χ4n) is 1.93. The number of rotatable bonds is 5. The minimum absolute atomic E-state index is 0.0718. The van der Waals surface area contributed by atoms with Gasteiger partial charge < -0.3 is 5.32 Å². The van der Waals surface area contributed by atoms with Gasteiger partial charge in [0.05, 0.1) is 0 Å². The summed E-state index contributed by atoms with van der Waals surface area (Å²) in [6.07, 6.45) is 2.02. The van der Waals surface area contributed by atoms with E-state index in [9.17, 15) is 9.18 Å². The summed E-state index contributed by atoms with van der Waals surface area (Å²) >= 11 is 0. The Labute approximate surface area is 101 Å². The molecule has 0 aromatic carbocycles. The van der Waals surface area contributed by atoms with E-state index in [4.69, 9.17) is 0 Å². The molecule has 1 atom stereocenters. The summed E-state index contributed by atoms with van der Waals surface area (Å²) in [5.74, 6) is -0.510. The smallest absolute Gasteiger partial charge is 0.270 e. The van der Waals surface area contributed by atoms with E-state index in [0.29, 0.717) is 5.92 Å². The second kappa shape index (κ2) is 6.33. The van der Waals surface area contributed by atoms with Gasteiger partial charge in [0, 0.05) is 6.04 Å². The molecule has 0 spiro atoms. The van der Waals surface area contributed by atoms with E-state index in [1.165, 1.54) is 18.2 Å². The molecule has 1 unspecified atom stereocenters. The summed E-state index contributed by atoms with van der Waals surface area (Å²) in [5, 5.41) is 2.86. The summed E-state index contributed by atoms with van der Waals surface area (Å²) in [4.78, 5) is 15.4. The highest BCUT2D eigenvalue weighted by Gasteiger charge is 2.17. The van der Waals surface area contributed by atoms with Crippen molar-refractivity contribution in [2.75, 3.05) is 0 Å². The molecule has 0 bridgehead atoms. The van der Waals surface area contributed by atoms with Crippen LogP contribution >= 0.6 is 0 Å². The van der Waals surface area contributed by atoms with Gasteiger partial charge in [-0.1, -0.05) is 32.8 Å². The van der Waals surface area contributed by atoms with Crippen molar-refractivity contribution in [2.45, 2.75) is 39.7 Å². The number of pyridine rings is 1. The Balaban J connectivity index is 2.66. The third kappa shape index (κ3) is 3.80. The quantitative estimate of drug-likeness (QED) is 0.801. The number of aromatic nitrogens is 1. The van der Waals surface area contributed by atoms with Crippen molar-refractivity contribution in [1.82, 2.24) is 10.3 Å². The molecule has 0 saturated carbocycles. The molecule has 0 aliphatic rings. The molecule has 17 heavy (non-hydrogen) atoms. The molecule has 1 heterocycles. The van der Waals surface area contributed by atoms with E-state index in [0.717, 1.165) is 12.8 Å². The van der Waals surface area contributed by atoms with Crippen molar-refractivity contribution < 1.29 is 9.18 Å². The molecule has 1 N–H and O–H groups in total. The number of nitrogens with zero attached hydrogens (tertiary/aromatic N) is 1. The van der Waals surface area contributed by atoms with E-state index >= 15 is 0 Å². The molecule has 0 aliphatic carbocycles. The lowest BCUT2D eigenvalue weighted by atomic mass is 9.95. The number of carbonyl (C=O) groups excluding carboxylic acids is 1. The molecule has 1 amide bonds. The van der Waals surface area contributed by atoms with Gasteiger partial charge in [0.2, 0.25) is 5.95 Å². The minimum atomic E-state index is -0.632. The van der Waals surface area contributed by atoms with E-state index in [1.807, 2.05) is 6.92 Å². The fraction of sp³-hybridized carbons (Fsp3) is 0.538. The molecule has 1 aromatic heterocycles. The van der Waals surface area contributed by atoms with Crippen LogP contribution in [0.1, 0.15) is 44.1 Å². The molecule has 0 saturated heterocycles. The number of hydrogen-bond donors (Lipinski definition) is 1. The van der Waals surface area contributed by atoms with Crippen LogP contribution in [0.2, 0.25) is 0 Å². The average molecular weight is 238 g/mol. The van der Waals surface area contributed by atoms with Crippen molar-refractivity contribution in [3.63, 3.8) is 0 Å². The lowest BCUT2D eigenvalue weighted by Gasteiger charge is -2.22. The van der Waals surface area contributed by atoms with Gasteiger partial charge in [-0.25, -0.2) is 4.98 Å². The summed E-state index contributed by atoms with van der Waals surface area (Å²) in [6.45, 7) is 6.16. The van der Waals surface area contributed by atoms with Gasteiger partial charge in [-0.2, -0.15) is 4.39 Å². The lowest BCUT2D eigenvalue weighted by Crippen LogP contribution is -2.38. The molecular formula is C13H19FN2O. The molecule has 0 aliphatic heterocycles. The van der Waals surface area contributed by atoms with Crippen LogP contribution in [0.4, 0.5) is 4.39 Å². The fourth-order valence-corrected chi connectivity index (χ4v) is 1.93. The van der Waals surface area contributed by atoms with E-state index in [-0.39, 0.29) is 17.6 Å². The third-order valence-corrected chi connectivity index (χ3v) is 3.06. The largest absolute Gasteiger partial charge is 0.348 e. The lowest BCUT2D eigenvalue weighted by molar-refractivity contribution is 0.0919. The van der Waals surface area contributed by atoms with Crippen LogP contribution in [-0.4, -0.2) is 16.9 Å². The maximum Gasteiger partial charge on any atom is 0.270 e. The van der Waals surface area contributed by atoms with E-state index in [1.54, 1.807) is 0 Å². The summed E-state index contributed by atoms with van der Waals surface area (Å²) in [6, 6.07) is 4.29. The molecule has 0 radical (unpaired) electrons. The number of carbonyl (C=O) groups is 1. The van der Waals surface area contributed by atoms with Gasteiger partial charge in [0.25, 0.3) is 5.91 Å². The first-order valence-corrected chi connectivity index (χ1v) is 6.01. The molecule has 0 fully saturated rings. The zero-order chi connectivity index (χ0) is 12.8. The standard InChI is InChI=1S/C13H19FN2O/c1-4-10(5-2)9(3)15-13(17)11-7-6-8-12(14)16-11/h6-10H,4-5H2,1-3H3,(H,15,17). The summed E-state index contributed by atoms with van der Waals surface area (Å²) in [5.41, 5.74) is 0.128. The highest BCUT2D eigenvalue weighted by atomic mass is 19.1. The van der Waals surface area contributed by atoms with Crippen molar-refractivity contribution in [2.24, 2.45) is 5.92 Å². The maximum absolute atomic E-state index is 12.9. The SMILES string of the molecule is CCC(CC)C(C)NC(=O)c1cccc(F)n1. The number of nitrogens with one attached hydrogen (secondary N) is 1. The number of hydrogen-bond acceptors (Lipinski definition) is 2. The average Bonchev–Trinajstić information content (AvgIpc) is 2.30. The third-order valence-electron chi connectivity index (χ3n) is 3.06. The molecule has 1 rings (SSSR count). The van der Waals surface area contributed by atoms with Crippen molar-refractivity contribution in [1.29, 1.82) is 0 Å². The molecule has 3 nitrogen and oxygen atoms in total. The van der Waals surface area contributed by atoms with E-state index < -0.39 is 5.95 Å².